The van der Waals surface area contributed by atoms with E-state index in [1.807, 2.05) is 48.5 Å². The zero-order chi connectivity index (χ0) is 39.7. The summed E-state index contributed by atoms with van der Waals surface area (Å²) in [6.07, 6.45) is 17.0. The number of rotatable bonds is 6. The number of carbonyl (C=O) groups excluding carboxylic acids is 3. The number of nitrogen functional groups attached to an aromatic ring is 2. The fraction of sp³-hybridized carbons (Fsp3) is 0.533. The van der Waals surface area contributed by atoms with Gasteiger partial charge in [-0.05, 0) is 158 Å². The quantitative estimate of drug-likeness (QED) is 0.128. The van der Waals surface area contributed by atoms with Crippen molar-refractivity contribution < 1.29 is 19.1 Å². The predicted octanol–water partition coefficient (Wildman–Crippen LogP) is 9.31. The predicted molar refractivity (Wildman–Crippen MR) is 228 cm³/mol. The largest absolute Gasteiger partial charge is 0.443 e. The summed E-state index contributed by atoms with van der Waals surface area (Å²) in [5, 5.41) is 6.40. The van der Waals surface area contributed by atoms with Crippen LogP contribution in [0.1, 0.15) is 97.8 Å². The van der Waals surface area contributed by atoms with Gasteiger partial charge < -0.3 is 31.8 Å². The van der Waals surface area contributed by atoms with Crippen LogP contribution in [-0.2, 0) is 14.3 Å². The fourth-order valence-corrected chi connectivity index (χ4v) is 12.4. The molecule has 8 aliphatic carbocycles. The normalized spacial score (nSPS) is 29.8. The van der Waals surface area contributed by atoms with Crippen LogP contribution in [0, 0.1) is 46.3 Å². The van der Waals surface area contributed by atoms with Crippen molar-refractivity contribution in [2.75, 3.05) is 22.1 Å². The Morgan fingerprint density at radius 2 is 1.16 bits per heavy atom. The minimum absolute atomic E-state index is 0. The molecular formula is C45H57ClN8O4. The van der Waals surface area contributed by atoms with E-state index in [1.54, 1.807) is 33.2 Å². The van der Waals surface area contributed by atoms with Gasteiger partial charge in [0.1, 0.15) is 5.60 Å². The summed E-state index contributed by atoms with van der Waals surface area (Å²) in [6, 6.07) is 15.4. The molecule has 8 saturated carbocycles. The summed E-state index contributed by atoms with van der Waals surface area (Å²) in [7, 11) is 0. The second-order valence-electron chi connectivity index (χ2n) is 19.5. The SMILES string of the molecule is CC(C)(C)OC(=O)n1c(-c2cccc(NC(=O)C34CC5CC(CC(C5)C3)C4)c2)cnc1N.Cl.Nc1ncc(-c2cccc(NC(=O)C34CC5CC(CC(C5)C3)C4)c2)[nH]1. The van der Waals surface area contributed by atoms with Gasteiger partial charge in [-0.3, -0.25) is 9.59 Å². The summed E-state index contributed by atoms with van der Waals surface area (Å²) < 4.78 is 6.76. The Morgan fingerprint density at radius 3 is 1.59 bits per heavy atom. The monoisotopic (exact) mass is 808 g/mol. The van der Waals surface area contributed by atoms with Crippen molar-refractivity contribution in [3.05, 3.63) is 60.9 Å². The summed E-state index contributed by atoms with van der Waals surface area (Å²) in [6.45, 7) is 5.41. The van der Waals surface area contributed by atoms with Crippen LogP contribution in [0.4, 0.5) is 28.1 Å². The lowest BCUT2D eigenvalue weighted by atomic mass is 9.49. The van der Waals surface area contributed by atoms with Crippen LogP contribution < -0.4 is 22.1 Å². The summed E-state index contributed by atoms with van der Waals surface area (Å²) in [5.41, 5.74) is 15.3. The lowest BCUT2D eigenvalue weighted by Crippen LogP contribution is -2.51. The molecule has 8 aliphatic rings. The second-order valence-corrected chi connectivity index (χ2v) is 19.5. The molecule has 2 heterocycles. The third kappa shape index (κ3) is 7.84. The van der Waals surface area contributed by atoms with Crippen LogP contribution in [0.3, 0.4) is 0 Å². The van der Waals surface area contributed by atoms with E-state index in [0.29, 0.717) is 29.4 Å². The van der Waals surface area contributed by atoms with Crippen LogP contribution in [0.2, 0.25) is 0 Å². The van der Waals surface area contributed by atoms with E-state index in [1.165, 1.54) is 43.1 Å². The molecule has 12 nitrogen and oxygen atoms in total. The third-order valence-corrected chi connectivity index (χ3v) is 13.8. The maximum Gasteiger partial charge on any atom is 0.421 e. The van der Waals surface area contributed by atoms with Crippen molar-refractivity contribution in [3.8, 4) is 22.5 Å². The molecule has 8 bridgehead atoms. The van der Waals surface area contributed by atoms with Crippen molar-refractivity contribution in [1.82, 2.24) is 19.5 Å². The Balaban J connectivity index is 0.000000163. The maximum atomic E-state index is 13.4. The van der Waals surface area contributed by atoms with Gasteiger partial charge in [-0.1, -0.05) is 24.3 Å². The number of aromatic amines is 1. The number of carbonyl (C=O) groups is 3. The number of aromatic nitrogens is 4. The molecule has 12 rings (SSSR count). The van der Waals surface area contributed by atoms with Crippen LogP contribution in [-0.4, -0.2) is 43.0 Å². The number of halogens is 1. The number of hydrogen-bond acceptors (Lipinski definition) is 8. The topological polar surface area (TPSA) is 183 Å². The first-order chi connectivity index (χ1) is 27.2. The number of H-pyrrole nitrogens is 1. The summed E-state index contributed by atoms with van der Waals surface area (Å²) in [4.78, 5) is 50.5. The Hall–Kier alpha value is -4.84. The highest BCUT2D eigenvalue weighted by atomic mass is 35.5. The highest BCUT2D eigenvalue weighted by Gasteiger charge is 2.55. The standard InChI is InChI=1S/C25H32N4O3.C20H24N4O.ClH/c1-24(2,3)32-23(31)29-20(14-27-22(29)26)18-5-4-6-19(10-18)28-21(30)25-11-15-7-16(12-25)9-17(8-15)13-25;21-19-22-11-17(24-19)15-2-1-3-16(7-15)23-18(25)20-8-12-4-13(9-20)6-14(5-12)10-20;/h4-6,10,14-17H,7-9,11-13H2,1-3H3,(H2,26,27)(H,28,30);1-3,7,11-14H,4-6,8-10H2,(H,23,25)(H3,21,22,24);1H. The number of hydrogen-bond donors (Lipinski definition) is 5. The lowest BCUT2D eigenvalue weighted by molar-refractivity contribution is -0.141. The van der Waals surface area contributed by atoms with Crippen molar-refractivity contribution in [1.29, 1.82) is 0 Å². The van der Waals surface area contributed by atoms with E-state index >= 15 is 0 Å². The number of ether oxygens (including phenoxy) is 1. The van der Waals surface area contributed by atoms with E-state index in [9.17, 15) is 14.4 Å². The highest BCUT2D eigenvalue weighted by Crippen LogP contribution is 2.61. The van der Waals surface area contributed by atoms with E-state index in [-0.39, 0.29) is 41.0 Å². The van der Waals surface area contributed by atoms with Gasteiger partial charge in [0, 0.05) is 22.5 Å². The summed E-state index contributed by atoms with van der Waals surface area (Å²) in [5.74, 6) is 5.31. The Labute approximate surface area is 346 Å². The van der Waals surface area contributed by atoms with Crippen molar-refractivity contribution >= 4 is 53.6 Å². The zero-order valence-corrected chi connectivity index (χ0v) is 34.6. The molecule has 2 amide bonds. The molecule has 308 valence electrons. The van der Waals surface area contributed by atoms with Gasteiger partial charge in [-0.15, -0.1) is 12.4 Å². The first-order valence-electron chi connectivity index (χ1n) is 20.9. The third-order valence-electron chi connectivity index (χ3n) is 13.8. The van der Waals surface area contributed by atoms with Gasteiger partial charge >= 0.3 is 6.09 Å². The molecule has 58 heavy (non-hydrogen) atoms. The second kappa shape index (κ2) is 15.1. The number of anilines is 4. The molecular weight excluding hydrogens is 752 g/mol. The zero-order valence-electron chi connectivity index (χ0n) is 33.8. The number of nitrogens with one attached hydrogen (secondary N) is 3. The molecule has 0 atom stereocenters. The van der Waals surface area contributed by atoms with Crippen LogP contribution in [0.25, 0.3) is 22.5 Å². The van der Waals surface area contributed by atoms with Crippen LogP contribution in [0.15, 0.2) is 60.9 Å². The fourth-order valence-electron chi connectivity index (χ4n) is 12.4. The van der Waals surface area contributed by atoms with Crippen molar-refractivity contribution in [2.24, 2.45) is 46.3 Å². The number of imidazole rings is 2. The molecule has 0 spiro atoms. The summed E-state index contributed by atoms with van der Waals surface area (Å²) >= 11 is 0. The maximum absolute atomic E-state index is 13.4. The molecule has 0 radical (unpaired) electrons. The highest BCUT2D eigenvalue weighted by molar-refractivity contribution is 5.97. The average Bonchev–Trinajstić information content (AvgIpc) is 3.76. The van der Waals surface area contributed by atoms with E-state index in [2.05, 4.69) is 25.6 Å². The molecule has 7 N–H and O–H groups in total. The molecule has 13 heteroatoms. The molecule has 4 aromatic rings. The van der Waals surface area contributed by atoms with Gasteiger partial charge in [-0.25, -0.2) is 19.3 Å². The minimum Gasteiger partial charge on any atom is -0.443 e. The van der Waals surface area contributed by atoms with Crippen LogP contribution >= 0.6 is 12.4 Å². The minimum atomic E-state index is -0.654. The van der Waals surface area contributed by atoms with E-state index in [4.69, 9.17) is 16.2 Å². The first kappa shape index (κ1) is 40.0. The Bertz CT molecular complexity index is 2130. The van der Waals surface area contributed by atoms with Crippen molar-refractivity contribution in [2.45, 2.75) is 103 Å². The number of amides is 2. The molecule has 0 unspecified atom stereocenters. The van der Waals surface area contributed by atoms with Gasteiger partial charge in [0.05, 0.1) is 34.6 Å². The average molecular weight is 809 g/mol. The Morgan fingerprint density at radius 1 is 0.707 bits per heavy atom. The lowest BCUT2D eigenvalue weighted by Gasteiger charge is -2.55. The molecule has 8 fully saturated rings. The van der Waals surface area contributed by atoms with Gasteiger partial charge in [0.15, 0.2) is 5.95 Å². The van der Waals surface area contributed by atoms with Gasteiger partial charge in [0.2, 0.25) is 17.8 Å². The molecule has 2 aromatic carbocycles. The molecule has 2 aromatic heterocycles. The van der Waals surface area contributed by atoms with Gasteiger partial charge in [0.25, 0.3) is 0 Å². The van der Waals surface area contributed by atoms with E-state index < -0.39 is 11.7 Å². The Kier molecular flexibility index (Phi) is 10.4. The smallest absolute Gasteiger partial charge is 0.421 e. The number of benzene rings is 2. The molecule has 0 aliphatic heterocycles. The number of nitrogens with zero attached hydrogens (tertiary/aromatic N) is 3. The van der Waals surface area contributed by atoms with Gasteiger partial charge in [-0.2, -0.15) is 0 Å². The number of nitrogens with two attached hydrogens (primary N) is 2. The van der Waals surface area contributed by atoms with E-state index in [0.717, 1.165) is 84.5 Å². The van der Waals surface area contributed by atoms with Crippen molar-refractivity contribution in [3.63, 3.8) is 0 Å². The molecule has 0 saturated heterocycles. The van der Waals surface area contributed by atoms with Crippen LogP contribution in [0.5, 0.6) is 0 Å². The first-order valence-corrected chi connectivity index (χ1v) is 20.9.